The molecular weight excluding hydrogens is 334 g/mol. The number of carbonyl (C=O) groups excluding carboxylic acids is 2. The standard InChI is InChI=1S/C20H36O2P2/c1-17(2)11-15(21)12-18(3,4)23(17)9-10-24-19(5,6)13-16(22)14-20(24,7)8/h9-14H2,1-8H3. The molecule has 0 unspecified atom stereocenters. The molecule has 24 heavy (non-hydrogen) atoms. The highest BCUT2D eigenvalue weighted by atomic mass is 31.1. The van der Waals surface area contributed by atoms with Gasteiger partial charge in [0.2, 0.25) is 0 Å². The van der Waals surface area contributed by atoms with E-state index < -0.39 is 0 Å². The van der Waals surface area contributed by atoms with Crippen LogP contribution in [0.5, 0.6) is 0 Å². The smallest absolute Gasteiger partial charge is 0.134 e. The maximum atomic E-state index is 12.2. The summed E-state index contributed by atoms with van der Waals surface area (Å²) in [6.07, 6.45) is 5.54. The van der Waals surface area contributed by atoms with E-state index in [-0.39, 0.29) is 36.5 Å². The van der Waals surface area contributed by atoms with Gasteiger partial charge in [0.15, 0.2) is 0 Å². The van der Waals surface area contributed by atoms with E-state index in [1.54, 1.807) is 0 Å². The molecule has 0 spiro atoms. The van der Waals surface area contributed by atoms with Crippen molar-refractivity contribution in [2.45, 2.75) is 102 Å². The van der Waals surface area contributed by atoms with E-state index >= 15 is 0 Å². The Kier molecular flexibility index (Phi) is 5.49. The van der Waals surface area contributed by atoms with Crippen LogP contribution in [0, 0.1) is 0 Å². The second kappa shape index (κ2) is 6.42. The van der Waals surface area contributed by atoms with E-state index in [1.807, 2.05) is 0 Å². The Bertz CT molecular complexity index is 444. The molecule has 0 radical (unpaired) electrons. The van der Waals surface area contributed by atoms with Gasteiger partial charge in [-0.15, -0.1) is 0 Å². The summed E-state index contributed by atoms with van der Waals surface area (Å²) in [4.78, 5) is 24.3. The van der Waals surface area contributed by atoms with Gasteiger partial charge in [0.25, 0.3) is 0 Å². The van der Waals surface area contributed by atoms with Gasteiger partial charge in [-0.3, -0.25) is 9.59 Å². The molecule has 0 aromatic heterocycles. The minimum absolute atomic E-state index is 0.156. The zero-order chi connectivity index (χ0) is 18.6. The van der Waals surface area contributed by atoms with Crippen LogP contribution in [0.3, 0.4) is 0 Å². The summed E-state index contributed by atoms with van der Waals surface area (Å²) in [5.74, 6) is 0.886. The van der Waals surface area contributed by atoms with Crippen LogP contribution in [0.2, 0.25) is 0 Å². The molecule has 2 fully saturated rings. The molecule has 0 saturated carbocycles. The topological polar surface area (TPSA) is 34.1 Å². The molecule has 0 N–H and O–H groups in total. The number of carbonyl (C=O) groups is 2. The fraction of sp³-hybridized carbons (Fsp3) is 0.900. The van der Waals surface area contributed by atoms with E-state index in [0.717, 1.165) is 25.7 Å². The van der Waals surface area contributed by atoms with Crippen LogP contribution in [0.15, 0.2) is 0 Å². The number of ketones is 2. The van der Waals surface area contributed by atoms with Gasteiger partial charge in [-0.1, -0.05) is 71.2 Å². The monoisotopic (exact) mass is 370 g/mol. The van der Waals surface area contributed by atoms with Crippen LogP contribution in [0.25, 0.3) is 0 Å². The Labute approximate surface area is 151 Å². The lowest BCUT2D eigenvalue weighted by atomic mass is 9.96. The highest BCUT2D eigenvalue weighted by Crippen LogP contribution is 2.70. The first-order valence-electron chi connectivity index (χ1n) is 9.26. The molecule has 2 aliphatic rings. The lowest BCUT2D eigenvalue weighted by Crippen LogP contribution is -2.43. The fourth-order valence-corrected chi connectivity index (χ4v) is 14.3. The molecule has 0 aromatic rings. The molecule has 2 saturated heterocycles. The molecule has 0 bridgehead atoms. The normalized spacial score (nSPS) is 29.7. The maximum absolute atomic E-state index is 12.2. The molecule has 2 heterocycles. The van der Waals surface area contributed by atoms with E-state index in [1.165, 1.54) is 12.3 Å². The van der Waals surface area contributed by atoms with Crippen molar-refractivity contribution < 1.29 is 9.59 Å². The molecule has 0 aliphatic carbocycles. The first-order valence-corrected chi connectivity index (χ1v) is 12.3. The maximum Gasteiger partial charge on any atom is 0.134 e. The predicted molar refractivity (Wildman–Crippen MR) is 108 cm³/mol. The van der Waals surface area contributed by atoms with Crippen molar-refractivity contribution in [1.29, 1.82) is 0 Å². The summed E-state index contributed by atoms with van der Waals surface area (Å²) in [5, 5.41) is 0.625. The SMILES string of the molecule is CC1(C)CC(=O)CC(C)(C)P1CCP1C(C)(C)CC(=O)CC1(C)C. The van der Waals surface area contributed by atoms with Crippen molar-refractivity contribution in [3.8, 4) is 0 Å². The highest BCUT2D eigenvalue weighted by Gasteiger charge is 2.50. The van der Waals surface area contributed by atoms with Crippen LogP contribution >= 0.6 is 15.8 Å². The molecular formula is C20H36O2P2. The van der Waals surface area contributed by atoms with Gasteiger partial charge < -0.3 is 0 Å². The Morgan fingerprint density at radius 3 is 1.00 bits per heavy atom. The fourth-order valence-electron chi connectivity index (χ4n) is 5.49. The predicted octanol–water partition coefficient (Wildman–Crippen LogP) is 5.79. The number of hydrogen-bond acceptors (Lipinski definition) is 2. The molecule has 2 nitrogen and oxygen atoms in total. The van der Waals surface area contributed by atoms with Crippen LogP contribution in [0.4, 0.5) is 0 Å². The molecule has 0 amide bonds. The summed E-state index contributed by atoms with van der Waals surface area (Å²) < 4.78 is 0. The van der Waals surface area contributed by atoms with E-state index in [9.17, 15) is 9.59 Å². The Hall–Kier alpha value is 0.200. The molecule has 4 heteroatoms. The Morgan fingerprint density at radius 2 is 0.792 bits per heavy atom. The highest BCUT2D eigenvalue weighted by molar-refractivity contribution is 7.65. The van der Waals surface area contributed by atoms with Crippen LogP contribution < -0.4 is 0 Å². The average Bonchev–Trinajstić information content (AvgIpc) is 2.26. The van der Waals surface area contributed by atoms with Gasteiger partial charge in [-0.05, 0) is 32.9 Å². The quantitative estimate of drug-likeness (QED) is 0.589. The summed E-state index contributed by atoms with van der Waals surface area (Å²) >= 11 is 0. The Morgan fingerprint density at radius 1 is 0.583 bits per heavy atom. The van der Waals surface area contributed by atoms with Gasteiger partial charge in [0.05, 0.1) is 0 Å². The van der Waals surface area contributed by atoms with Gasteiger partial charge in [-0.25, -0.2) is 0 Å². The third kappa shape index (κ3) is 4.12. The largest absolute Gasteiger partial charge is 0.300 e. The van der Waals surface area contributed by atoms with Crippen LogP contribution in [-0.4, -0.2) is 44.5 Å². The average molecular weight is 370 g/mol. The number of Topliss-reactive ketones (excluding diaryl/α,β-unsaturated/α-hetero) is 2. The van der Waals surface area contributed by atoms with Crippen molar-refractivity contribution in [2.24, 2.45) is 0 Å². The van der Waals surface area contributed by atoms with Crippen molar-refractivity contribution in [1.82, 2.24) is 0 Å². The molecule has 0 aromatic carbocycles. The number of rotatable bonds is 3. The van der Waals surface area contributed by atoms with Gasteiger partial charge >= 0.3 is 0 Å². The zero-order valence-electron chi connectivity index (χ0n) is 17.0. The molecule has 2 aliphatic heterocycles. The third-order valence-electron chi connectivity index (χ3n) is 5.99. The van der Waals surface area contributed by atoms with Crippen molar-refractivity contribution >= 4 is 27.4 Å². The summed E-state index contributed by atoms with van der Waals surface area (Å²) in [6, 6.07) is 0. The van der Waals surface area contributed by atoms with Gasteiger partial charge in [0.1, 0.15) is 11.6 Å². The third-order valence-corrected chi connectivity index (χ3v) is 14.2. The second-order valence-electron chi connectivity index (χ2n) is 10.3. The Balaban J connectivity index is 2.19. The van der Waals surface area contributed by atoms with Gasteiger partial charge in [0, 0.05) is 25.7 Å². The molecule has 2 rings (SSSR count). The first-order chi connectivity index (χ1) is 10.7. The van der Waals surface area contributed by atoms with E-state index in [0.29, 0.717) is 11.6 Å². The van der Waals surface area contributed by atoms with Crippen molar-refractivity contribution in [3.05, 3.63) is 0 Å². The summed E-state index contributed by atoms with van der Waals surface area (Å²) in [5.41, 5.74) is 0. The lowest BCUT2D eigenvalue weighted by Gasteiger charge is -2.53. The van der Waals surface area contributed by atoms with Crippen molar-refractivity contribution in [3.63, 3.8) is 0 Å². The van der Waals surface area contributed by atoms with E-state index in [2.05, 4.69) is 55.4 Å². The van der Waals surface area contributed by atoms with Gasteiger partial charge in [-0.2, -0.15) is 0 Å². The molecule has 138 valence electrons. The lowest BCUT2D eigenvalue weighted by molar-refractivity contribution is -0.121. The summed E-state index contributed by atoms with van der Waals surface area (Å²) in [6.45, 7) is 18.5. The van der Waals surface area contributed by atoms with Crippen molar-refractivity contribution in [2.75, 3.05) is 12.3 Å². The van der Waals surface area contributed by atoms with Crippen LogP contribution in [-0.2, 0) is 9.59 Å². The van der Waals surface area contributed by atoms with E-state index in [4.69, 9.17) is 0 Å². The number of hydrogen-bond donors (Lipinski definition) is 0. The molecule has 0 atom stereocenters. The second-order valence-corrected chi connectivity index (χ2v) is 17.8. The zero-order valence-corrected chi connectivity index (χ0v) is 18.7. The first kappa shape index (κ1) is 20.5. The minimum Gasteiger partial charge on any atom is -0.300 e. The summed E-state index contributed by atoms with van der Waals surface area (Å²) in [7, 11) is -0.386. The van der Waals surface area contributed by atoms with Crippen LogP contribution in [0.1, 0.15) is 81.1 Å². The minimum atomic E-state index is -0.193.